The van der Waals surface area contributed by atoms with Crippen molar-refractivity contribution in [2.45, 2.75) is 32.8 Å². The first-order valence-corrected chi connectivity index (χ1v) is 6.04. The van der Waals surface area contributed by atoms with Crippen LogP contribution in [0, 0.1) is 10.1 Å². The van der Waals surface area contributed by atoms with Gasteiger partial charge in [-0.1, -0.05) is 37.4 Å². The molecule has 0 bridgehead atoms. The Hall–Kier alpha value is -1.13. The quantitative estimate of drug-likeness (QED) is 0.422. The van der Waals surface area contributed by atoms with Crippen LogP contribution in [-0.2, 0) is 11.3 Å². The van der Waals surface area contributed by atoms with E-state index in [1.807, 2.05) is 0 Å². The van der Waals surface area contributed by atoms with Gasteiger partial charge in [0, 0.05) is 6.61 Å². The SMILES string of the molecule is CCCCCOCc1cccc(Cl)c1[N+](=O)[O-]. The van der Waals surface area contributed by atoms with E-state index in [4.69, 9.17) is 16.3 Å². The van der Waals surface area contributed by atoms with Crippen LogP contribution in [0.1, 0.15) is 31.7 Å². The number of unbranched alkanes of at least 4 members (excludes halogenated alkanes) is 2. The van der Waals surface area contributed by atoms with Crippen molar-refractivity contribution in [1.82, 2.24) is 0 Å². The van der Waals surface area contributed by atoms with E-state index in [0.717, 1.165) is 19.3 Å². The number of nitro benzene ring substituents is 1. The van der Waals surface area contributed by atoms with Gasteiger partial charge in [-0.05, 0) is 18.6 Å². The first-order chi connectivity index (χ1) is 8.16. The Kier molecular flexibility index (Phi) is 5.94. The third-order valence-corrected chi connectivity index (χ3v) is 2.71. The second kappa shape index (κ2) is 7.25. The van der Waals surface area contributed by atoms with Gasteiger partial charge in [0.25, 0.3) is 5.69 Å². The molecule has 0 aromatic heterocycles. The molecule has 0 fully saturated rings. The van der Waals surface area contributed by atoms with Crippen LogP contribution in [0.5, 0.6) is 0 Å². The molecular formula is C12H16ClNO3. The molecule has 1 aromatic carbocycles. The van der Waals surface area contributed by atoms with Gasteiger partial charge < -0.3 is 4.74 Å². The van der Waals surface area contributed by atoms with E-state index >= 15 is 0 Å². The van der Waals surface area contributed by atoms with Crippen LogP contribution in [0.4, 0.5) is 5.69 Å². The van der Waals surface area contributed by atoms with Gasteiger partial charge in [-0.15, -0.1) is 0 Å². The van der Waals surface area contributed by atoms with Crippen molar-refractivity contribution in [2.75, 3.05) is 6.61 Å². The summed E-state index contributed by atoms with van der Waals surface area (Å²) in [6, 6.07) is 4.88. The lowest BCUT2D eigenvalue weighted by Crippen LogP contribution is -2.00. The van der Waals surface area contributed by atoms with Crippen molar-refractivity contribution in [3.63, 3.8) is 0 Å². The van der Waals surface area contributed by atoms with Crippen LogP contribution in [0.3, 0.4) is 0 Å². The number of ether oxygens (including phenoxy) is 1. The highest BCUT2D eigenvalue weighted by Crippen LogP contribution is 2.28. The first-order valence-electron chi connectivity index (χ1n) is 5.66. The van der Waals surface area contributed by atoms with Crippen LogP contribution >= 0.6 is 11.6 Å². The normalized spacial score (nSPS) is 10.5. The average Bonchev–Trinajstić information content (AvgIpc) is 2.28. The molecule has 0 saturated heterocycles. The molecule has 0 spiro atoms. The molecule has 0 radical (unpaired) electrons. The molecule has 4 nitrogen and oxygen atoms in total. The minimum atomic E-state index is -0.465. The third kappa shape index (κ3) is 4.32. The van der Waals surface area contributed by atoms with E-state index in [0.29, 0.717) is 12.2 Å². The fraction of sp³-hybridized carbons (Fsp3) is 0.500. The van der Waals surface area contributed by atoms with Gasteiger partial charge in [0.2, 0.25) is 0 Å². The van der Waals surface area contributed by atoms with Crippen molar-refractivity contribution in [2.24, 2.45) is 0 Å². The monoisotopic (exact) mass is 257 g/mol. The Morgan fingerprint density at radius 2 is 2.18 bits per heavy atom. The average molecular weight is 258 g/mol. The number of hydrogen-bond donors (Lipinski definition) is 0. The Morgan fingerprint density at radius 1 is 1.41 bits per heavy atom. The van der Waals surface area contributed by atoms with Crippen LogP contribution < -0.4 is 0 Å². The summed E-state index contributed by atoms with van der Waals surface area (Å²) in [6.45, 7) is 2.97. The van der Waals surface area contributed by atoms with E-state index in [9.17, 15) is 10.1 Å². The minimum Gasteiger partial charge on any atom is -0.377 e. The second-order valence-electron chi connectivity index (χ2n) is 3.76. The number of benzene rings is 1. The summed E-state index contributed by atoms with van der Waals surface area (Å²) in [5.41, 5.74) is 0.476. The van der Waals surface area contributed by atoms with E-state index < -0.39 is 4.92 Å². The Morgan fingerprint density at radius 3 is 2.82 bits per heavy atom. The zero-order chi connectivity index (χ0) is 12.7. The van der Waals surface area contributed by atoms with Crippen molar-refractivity contribution in [3.8, 4) is 0 Å². The fourth-order valence-corrected chi connectivity index (χ4v) is 1.78. The molecule has 1 rings (SSSR count). The molecule has 94 valence electrons. The summed E-state index contributed by atoms with van der Waals surface area (Å²) in [5, 5.41) is 11.0. The largest absolute Gasteiger partial charge is 0.377 e. The smallest absolute Gasteiger partial charge is 0.293 e. The molecule has 0 heterocycles. The lowest BCUT2D eigenvalue weighted by Gasteiger charge is -2.05. The summed E-state index contributed by atoms with van der Waals surface area (Å²) in [7, 11) is 0. The maximum Gasteiger partial charge on any atom is 0.293 e. The highest BCUT2D eigenvalue weighted by Gasteiger charge is 2.17. The number of rotatable bonds is 7. The number of nitrogens with zero attached hydrogens (tertiary/aromatic N) is 1. The van der Waals surface area contributed by atoms with E-state index in [1.54, 1.807) is 12.1 Å². The van der Waals surface area contributed by atoms with Crippen LogP contribution in [0.2, 0.25) is 5.02 Å². The summed E-state index contributed by atoms with van der Waals surface area (Å²) in [4.78, 5) is 10.4. The summed E-state index contributed by atoms with van der Waals surface area (Å²) in [6.07, 6.45) is 3.21. The number of hydrogen-bond acceptors (Lipinski definition) is 3. The van der Waals surface area contributed by atoms with Crippen LogP contribution in [0.15, 0.2) is 18.2 Å². The van der Waals surface area contributed by atoms with Gasteiger partial charge >= 0.3 is 0 Å². The maximum atomic E-state index is 10.8. The highest BCUT2D eigenvalue weighted by molar-refractivity contribution is 6.32. The van der Waals surface area contributed by atoms with Gasteiger partial charge in [-0.2, -0.15) is 0 Å². The molecule has 17 heavy (non-hydrogen) atoms. The summed E-state index contributed by atoms with van der Waals surface area (Å²) < 4.78 is 5.40. The maximum absolute atomic E-state index is 10.8. The Labute approximate surface area is 106 Å². The topological polar surface area (TPSA) is 52.4 Å². The van der Waals surface area contributed by atoms with Gasteiger partial charge in [0.05, 0.1) is 17.1 Å². The highest BCUT2D eigenvalue weighted by atomic mass is 35.5. The van der Waals surface area contributed by atoms with E-state index in [2.05, 4.69) is 6.92 Å². The van der Waals surface area contributed by atoms with E-state index in [1.165, 1.54) is 6.07 Å². The molecule has 0 aliphatic heterocycles. The molecule has 0 atom stereocenters. The molecule has 0 aliphatic rings. The molecular weight excluding hydrogens is 242 g/mol. The van der Waals surface area contributed by atoms with Crippen molar-refractivity contribution < 1.29 is 9.66 Å². The second-order valence-corrected chi connectivity index (χ2v) is 4.17. The van der Waals surface area contributed by atoms with Crippen molar-refractivity contribution in [3.05, 3.63) is 38.9 Å². The molecule has 1 aromatic rings. The van der Waals surface area contributed by atoms with Crippen molar-refractivity contribution >= 4 is 17.3 Å². The first kappa shape index (κ1) is 13.9. The molecule has 5 heteroatoms. The Balaban J connectivity index is 2.58. The molecule has 0 unspecified atom stereocenters. The fourth-order valence-electron chi connectivity index (χ4n) is 1.52. The third-order valence-electron chi connectivity index (χ3n) is 2.40. The molecule has 0 aliphatic carbocycles. The van der Waals surface area contributed by atoms with Crippen LogP contribution in [0.25, 0.3) is 0 Å². The zero-order valence-electron chi connectivity index (χ0n) is 9.82. The van der Waals surface area contributed by atoms with Gasteiger partial charge in [-0.25, -0.2) is 0 Å². The predicted molar refractivity (Wildman–Crippen MR) is 67.3 cm³/mol. The van der Waals surface area contributed by atoms with Crippen molar-refractivity contribution in [1.29, 1.82) is 0 Å². The lowest BCUT2D eigenvalue weighted by molar-refractivity contribution is -0.385. The predicted octanol–water partition coefficient (Wildman–Crippen LogP) is 3.96. The Bertz CT molecular complexity index is 382. The van der Waals surface area contributed by atoms with E-state index in [-0.39, 0.29) is 17.3 Å². The zero-order valence-corrected chi connectivity index (χ0v) is 10.6. The molecule has 0 saturated carbocycles. The standard InChI is InChI=1S/C12H16ClNO3/c1-2-3-4-8-17-9-10-6-5-7-11(13)12(10)14(15)16/h5-7H,2-4,8-9H2,1H3. The van der Waals surface area contributed by atoms with Crippen LogP contribution in [-0.4, -0.2) is 11.5 Å². The minimum absolute atomic E-state index is 0.0512. The number of para-hydroxylation sites is 1. The molecule has 0 N–H and O–H groups in total. The summed E-state index contributed by atoms with van der Waals surface area (Å²) in [5.74, 6) is 0. The van der Waals surface area contributed by atoms with Gasteiger partial charge in [0.1, 0.15) is 5.02 Å². The van der Waals surface area contributed by atoms with Gasteiger partial charge in [0.15, 0.2) is 0 Å². The lowest BCUT2D eigenvalue weighted by atomic mass is 10.2. The number of nitro groups is 1. The summed E-state index contributed by atoms with van der Waals surface area (Å²) >= 11 is 5.79. The molecule has 0 amide bonds. The van der Waals surface area contributed by atoms with Gasteiger partial charge in [-0.3, -0.25) is 10.1 Å². The number of halogens is 1.